The molecule has 0 aromatic carbocycles. The Morgan fingerprint density at radius 2 is 2.00 bits per heavy atom. The largest absolute Gasteiger partial charge is 0.370 e. The second-order valence-corrected chi connectivity index (χ2v) is 5.30. The van der Waals surface area contributed by atoms with Crippen LogP contribution in [0.3, 0.4) is 0 Å². The zero-order valence-electron chi connectivity index (χ0n) is 12.5. The Labute approximate surface area is 116 Å². The van der Waals surface area contributed by atoms with Crippen molar-refractivity contribution in [3.8, 4) is 0 Å². The van der Waals surface area contributed by atoms with Crippen molar-refractivity contribution < 1.29 is 4.74 Å². The highest BCUT2D eigenvalue weighted by atomic mass is 16.5. The molecule has 1 N–H and O–H groups in total. The highest BCUT2D eigenvalue weighted by Gasteiger charge is 2.42. The molecule has 0 saturated heterocycles. The monoisotopic (exact) mass is 263 g/mol. The number of methoxy groups -OCH3 is 1. The molecule has 1 aromatic heterocycles. The van der Waals surface area contributed by atoms with Crippen LogP contribution in [0.25, 0.3) is 0 Å². The molecule has 0 bridgehead atoms. The zero-order chi connectivity index (χ0) is 13.9. The molecule has 0 aliphatic heterocycles. The summed E-state index contributed by atoms with van der Waals surface area (Å²) in [6.07, 6.45) is 5.29. The molecule has 1 aromatic rings. The van der Waals surface area contributed by atoms with Crippen LogP contribution in [0.4, 0.5) is 5.82 Å². The number of ether oxygens (including phenoxy) is 1. The van der Waals surface area contributed by atoms with Gasteiger partial charge in [0.25, 0.3) is 0 Å². The Bertz CT molecular complexity index is 436. The maximum atomic E-state index is 5.71. The van der Waals surface area contributed by atoms with E-state index in [-0.39, 0.29) is 5.60 Å². The molecule has 0 spiro atoms. The van der Waals surface area contributed by atoms with Gasteiger partial charge in [0, 0.05) is 24.9 Å². The highest BCUT2D eigenvalue weighted by molar-refractivity contribution is 5.46. The van der Waals surface area contributed by atoms with Gasteiger partial charge in [-0.25, -0.2) is 9.97 Å². The van der Waals surface area contributed by atoms with E-state index in [0.717, 1.165) is 49.6 Å². The number of nitrogens with zero attached hydrogens (tertiary/aromatic N) is 2. The van der Waals surface area contributed by atoms with Crippen molar-refractivity contribution in [1.82, 2.24) is 9.97 Å². The van der Waals surface area contributed by atoms with Crippen molar-refractivity contribution in [2.24, 2.45) is 0 Å². The van der Waals surface area contributed by atoms with E-state index in [1.807, 2.05) is 0 Å². The minimum Gasteiger partial charge on any atom is -0.370 e. The van der Waals surface area contributed by atoms with E-state index in [9.17, 15) is 0 Å². The van der Waals surface area contributed by atoms with Gasteiger partial charge in [0.15, 0.2) is 5.82 Å². The molecular weight excluding hydrogens is 238 g/mol. The Morgan fingerprint density at radius 1 is 1.26 bits per heavy atom. The van der Waals surface area contributed by atoms with Crippen molar-refractivity contribution in [2.45, 2.75) is 58.5 Å². The van der Waals surface area contributed by atoms with Crippen LogP contribution in [0, 0.1) is 6.92 Å². The van der Waals surface area contributed by atoms with E-state index >= 15 is 0 Å². The quantitative estimate of drug-likeness (QED) is 0.856. The normalized spacial score (nSPS) is 17.1. The topological polar surface area (TPSA) is 47.0 Å². The first-order valence-corrected chi connectivity index (χ1v) is 7.34. The van der Waals surface area contributed by atoms with Crippen molar-refractivity contribution in [2.75, 3.05) is 19.0 Å². The third-order valence-corrected chi connectivity index (χ3v) is 4.08. The molecule has 1 heterocycles. The summed E-state index contributed by atoms with van der Waals surface area (Å²) >= 11 is 0. The average molecular weight is 263 g/mol. The predicted octanol–water partition coefficient (Wildman–Crippen LogP) is 3.19. The number of hydrogen-bond donors (Lipinski definition) is 1. The third-order valence-electron chi connectivity index (χ3n) is 4.08. The van der Waals surface area contributed by atoms with E-state index in [4.69, 9.17) is 14.7 Å². The van der Waals surface area contributed by atoms with Gasteiger partial charge >= 0.3 is 0 Å². The highest BCUT2D eigenvalue weighted by Crippen LogP contribution is 2.43. The van der Waals surface area contributed by atoms with Gasteiger partial charge in [0.2, 0.25) is 0 Å². The molecule has 2 rings (SSSR count). The van der Waals surface area contributed by atoms with E-state index in [1.165, 1.54) is 12.0 Å². The van der Waals surface area contributed by atoms with Gasteiger partial charge in [-0.05, 0) is 39.0 Å². The molecule has 1 fully saturated rings. The fourth-order valence-electron chi connectivity index (χ4n) is 2.54. The number of aryl methyl sites for hydroxylation is 1. The standard InChI is InChI=1S/C15H25N3O/c1-5-10-16-13-11(3)12(6-2)17-14(18-13)15(19-4)8-7-9-15/h5-10H2,1-4H3,(H,16,17,18). The lowest BCUT2D eigenvalue weighted by atomic mass is 9.79. The lowest BCUT2D eigenvalue weighted by Crippen LogP contribution is -2.38. The van der Waals surface area contributed by atoms with Crippen LogP contribution >= 0.6 is 0 Å². The van der Waals surface area contributed by atoms with Gasteiger partial charge in [-0.15, -0.1) is 0 Å². The number of rotatable bonds is 6. The maximum Gasteiger partial charge on any atom is 0.162 e. The molecule has 0 unspecified atom stereocenters. The molecule has 1 aliphatic rings. The summed E-state index contributed by atoms with van der Waals surface area (Å²) in [5.41, 5.74) is 2.07. The summed E-state index contributed by atoms with van der Waals surface area (Å²) in [6, 6.07) is 0. The van der Waals surface area contributed by atoms with Crippen LogP contribution in [0.1, 0.15) is 56.6 Å². The smallest absolute Gasteiger partial charge is 0.162 e. The summed E-state index contributed by atoms with van der Waals surface area (Å²) in [7, 11) is 1.77. The third kappa shape index (κ3) is 2.59. The first-order chi connectivity index (χ1) is 9.16. The molecular formula is C15H25N3O. The van der Waals surface area contributed by atoms with Gasteiger partial charge in [-0.2, -0.15) is 0 Å². The van der Waals surface area contributed by atoms with Gasteiger partial charge in [0.1, 0.15) is 11.4 Å². The Balaban J connectivity index is 2.38. The molecule has 1 aliphatic carbocycles. The fourth-order valence-corrected chi connectivity index (χ4v) is 2.54. The van der Waals surface area contributed by atoms with E-state index < -0.39 is 0 Å². The number of anilines is 1. The van der Waals surface area contributed by atoms with Crippen molar-refractivity contribution in [3.63, 3.8) is 0 Å². The minimum absolute atomic E-state index is 0.236. The van der Waals surface area contributed by atoms with Crippen LogP contribution < -0.4 is 5.32 Å². The van der Waals surface area contributed by atoms with Crippen LogP contribution in [-0.2, 0) is 16.8 Å². The summed E-state index contributed by atoms with van der Waals surface area (Å²) in [4.78, 5) is 9.48. The molecule has 106 valence electrons. The SMILES string of the molecule is CCCNc1nc(C2(OC)CCC2)nc(CC)c1C. The molecule has 0 amide bonds. The minimum atomic E-state index is -0.236. The van der Waals surface area contributed by atoms with Crippen LogP contribution in [0.5, 0.6) is 0 Å². The molecule has 0 atom stereocenters. The van der Waals surface area contributed by atoms with E-state index in [2.05, 4.69) is 26.1 Å². The van der Waals surface area contributed by atoms with Gasteiger partial charge < -0.3 is 10.1 Å². The Kier molecular flexibility index (Phi) is 4.40. The lowest BCUT2D eigenvalue weighted by molar-refractivity contribution is -0.0847. The van der Waals surface area contributed by atoms with Crippen molar-refractivity contribution in [1.29, 1.82) is 0 Å². The van der Waals surface area contributed by atoms with Gasteiger partial charge in [0.05, 0.1) is 0 Å². The molecule has 0 radical (unpaired) electrons. The van der Waals surface area contributed by atoms with Crippen molar-refractivity contribution in [3.05, 3.63) is 17.1 Å². The second kappa shape index (κ2) is 5.87. The molecule has 1 saturated carbocycles. The lowest BCUT2D eigenvalue weighted by Gasteiger charge is -2.39. The predicted molar refractivity (Wildman–Crippen MR) is 77.5 cm³/mol. The zero-order valence-corrected chi connectivity index (χ0v) is 12.5. The average Bonchev–Trinajstić information content (AvgIpc) is 2.38. The summed E-state index contributed by atoms with van der Waals surface area (Å²) in [5.74, 6) is 1.84. The summed E-state index contributed by atoms with van der Waals surface area (Å²) < 4.78 is 5.71. The number of aromatic nitrogens is 2. The Morgan fingerprint density at radius 3 is 2.47 bits per heavy atom. The van der Waals surface area contributed by atoms with E-state index in [1.54, 1.807) is 7.11 Å². The van der Waals surface area contributed by atoms with E-state index in [0.29, 0.717) is 0 Å². The molecule has 19 heavy (non-hydrogen) atoms. The number of hydrogen-bond acceptors (Lipinski definition) is 4. The Hall–Kier alpha value is -1.16. The first-order valence-electron chi connectivity index (χ1n) is 7.34. The maximum absolute atomic E-state index is 5.71. The number of nitrogens with one attached hydrogen (secondary N) is 1. The van der Waals surface area contributed by atoms with Crippen LogP contribution in [-0.4, -0.2) is 23.6 Å². The first kappa shape index (κ1) is 14.3. The van der Waals surface area contributed by atoms with Gasteiger partial charge in [-0.3, -0.25) is 0 Å². The fraction of sp³-hybridized carbons (Fsp3) is 0.733. The van der Waals surface area contributed by atoms with Crippen LogP contribution in [0.2, 0.25) is 0 Å². The second-order valence-electron chi connectivity index (χ2n) is 5.30. The van der Waals surface area contributed by atoms with Crippen LogP contribution in [0.15, 0.2) is 0 Å². The van der Waals surface area contributed by atoms with Gasteiger partial charge in [-0.1, -0.05) is 13.8 Å². The molecule has 4 heteroatoms. The summed E-state index contributed by atoms with van der Waals surface area (Å²) in [5, 5.41) is 3.42. The summed E-state index contributed by atoms with van der Waals surface area (Å²) in [6.45, 7) is 7.35. The van der Waals surface area contributed by atoms with Crippen molar-refractivity contribution >= 4 is 5.82 Å². The molecule has 4 nitrogen and oxygen atoms in total.